The minimum Gasteiger partial charge on any atom is -0.310 e. The van der Waals surface area contributed by atoms with Gasteiger partial charge in [0.05, 0.1) is 5.56 Å². The maximum atomic E-state index is 12.8. The van der Waals surface area contributed by atoms with Crippen molar-refractivity contribution in [3.8, 4) is 0 Å². The van der Waals surface area contributed by atoms with Crippen molar-refractivity contribution in [2.45, 2.75) is 38.4 Å². The SMILES string of the molecule is Cc1c(C2CCCCN2)cccc1C(F)(F)F. The summed E-state index contributed by atoms with van der Waals surface area (Å²) in [6, 6.07) is 4.53. The fourth-order valence-electron chi connectivity index (χ4n) is 2.46. The highest BCUT2D eigenvalue weighted by Gasteiger charge is 2.33. The molecule has 1 aromatic rings. The first-order chi connectivity index (χ1) is 8.00. The molecule has 0 saturated carbocycles. The predicted molar refractivity (Wildman–Crippen MR) is 60.8 cm³/mol. The summed E-state index contributed by atoms with van der Waals surface area (Å²) >= 11 is 0. The van der Waals surface area contributed by atoms with Crippen LogP contribution in [0.1, 0.15) is 42.0 Å². The first-order valence-electron chi connectivity index (χ1n) is 5.90. The molecular formula is C13H16F3N. The largest absolute Gasteiger partial charge is 0.416 e. The lowest BCUT2D eigenvalue weighted by molar-refractivity contribution is -0.138. The van der Waals surface area contributed by atoms with Crippen LogP contribution < -0.4 is 5.32 Å². The summed E-state index contributed by atoms with van der Waals surface area (Å²) in [5.74, 6) is 0. The number of alkyl halides is 3. The maximum Gasteiger partial charge on any atom is 0.416 e. The Hall–Kier alpha value is -1.03. The summed E-state index contributed by atoms with van der Waals surface area (Å²) in [5.41, 5.74) is 0.640. The summed E-state index contributed by atoms with van der Waals surface area (Å²) < 4.78 is 38.3. The fourth-order valence-corrected chi connectivity index (χ4v) is 2.46. The predicted octanol–water partition coefficient (Wildman–Crippen LogP) is 3.83. The molecule has 1 heterocycles. The highest BCUT2D eigenvalue weighted by molar-refractivity contribution is 5.38. The molecule has 1 atom stereocenters. The van der Waals surface area contributed by atoms with Crippen LogP contribution in [0.4, 0.5) is 13.2 Å². The molecule has 2 rings (SSSR count). The molecule has 4 heteroatoms. The van der Waals surface area contributed by atoms with Gasteiger partial charge in [0.2, 0.25) is 0 Å². The molecule has 1 aliphatic rings. The first-order valence-corrected chi connectivity index (χ1v) is 5.90. The van der Waals surface area contributed by atoms with Crippen LogP contribution >= 0.6 is 0 Å². The van der Waals surface area contributed by atoms with Crippen LogP contribution in [0.15, 0.2) is 18.2 Å². The van der Waals surface area contributed by atoms with Crippen molar-refractivity contribution in [2.75, 3.05) is 6.54 Å². The first kappa shape index (κ1) is 12.4. The van der Waals surface area contributed by atoms with Crippen LogP contribution in [0.3, 0.4) is 0 Å². The van der Waals surface area contributed by atoms with Gasteiger partial charge < -0.3 is 5.32 Å². The van der Waals surface area contributed by atoms with Crippen molar-refractivity contribution in [1.82, 2.24) is 5.32 Å². The standard InChI is InChI=1S/C13H16F3N/c1-9-10(12-7-2-3-8-17-12)5-4-6-11(9)13(14,15)16/h4-6,12,17H,2-3,7-8H2,1H3. The smallest absolute Gasteiger partial charge is 0.310 e. The Morgan fingerprint density at radius 3 is 2.59 bits per heavy atom. The van der Waals surface area contributed by atoms with Crippen molar-refractivity contribution in [3.63, 3.8) is 0 Å². The van der Waals surface area contributed by atoms with Crippen LogP contribution in [0.5, 0.6) is 0 Å². The van der Waals surface area contributed by atoms with Crippen molar-refractivity contribution < 1.29 is 13.2 Å². The Labute approximate surface area is 99.0 Å². The van der Waals surface area contributed by atoms with E-state index >= 15 is 0 Å². The monoisotopic (exact) mass is 243 g/mol. The van der Waals surface area contributed by atoms with Crippen LogP contribution in [0, 0.1) is 6.92 Å². The zero-order chi connectivity index (χ0) is 12.5. The van der Waals surface area contributed by atoms with Crippen LogP contribution in [-0.4, -0.2) is 6.54 Å². The molecule has 0 amide bonds. The van der Waals surface area contributed by atoms with Crippen LogP contribution in [0.25, 0.3) is 0 Å². The summed E-state index contributed by atoms with van der Waals surface area (Å²) in [4.78, 5) is 0. The molecule has 1 fully saturated rings. The van der Waals surface area contributed by atoms with Gasteiger partial charge in [-0.25, -0.2) is 0 Å². The highest BCUT2D eigenvalue weighted by Crippen LogP contribution is 2.35. The minimum atomic E-state index is -4.26. The lowest BCUT2D eigenvalue weighted by atomic mass is 9.91. The van der Waals surface area contributed by atoms with E-state index in [1.54, 1.807) is 13.0 Å². The van der Waals surface area contributed by atoms with Crippen LogP contribution in [-0.2, 0) is 6.18 Å². The third kappa shape index (κ3) is 2.63. The second-order valence-corrected chi connectivity index (χ2v) is 4.52. The zero-order valence-electron chi connectivity index (χ0n) is 9.77. The molecule has 17 heavy (non-hydrogen) atoms. The van der Waals surface area contributed by atoms with Gasteiger partial charge in [0.15, 0.2) is 0 Å². The van der Waals surface area contributed by atoms with Gasteiger partial charge in [0.1, 0.15) is 0 Å². The number of hydrogen-bond donors (Lipinski definition) is 1. The Balaban J connectivity index is 2.35. The molecule has 0 bridgehead atoms. The van der Waals surface area contributed by atoms with E-state index in [1.807, 2.05) is 0 Å². The Kier molecular flexibility index (Phi) is 3.43. The molecule has 0 radical (unpaired) electrons. The quantitative estimate of drug-likeness (QED) is 0.790. The topological polar surface area (TPSA) is 12.0 Å². The molecule has 1 N–H and O–H groups in total. The average Bonchev–Trinajstić information content (AvgIpc) is 2.29. The number of piperidine rings is 1. The van der Waals surface area contributed by atoms with Crippen molar-refractivity contribution in [3.05, 3.63) is 34.9 Å². The molecule has 0 aromatic heterocycles. The Morgan fingerprint density at radius 1 is 1.24 bits per heavy atom. The highest BCUT2D eigenvalue weighted by atomic mass is 19.4. The molecule has 1 aromatic carbocycles. The Morgan fingerprint density at radius 2 is 2.00 bits per heavy atom. The molecule has 0 spiro atoms. The normalized spacial score (nSPS) is 21.5. The van der Waals surface area contributed by atoms with Gasteiger partial charge >= 0.3 is 6.18 Å². The van der Waals surface area contributed by atoms with E-state index < -0.39 is 11.7 Å². The average molecular weight is 243 g/mol. The third-order valence-corrected chi connectivity index (χ3v) is 3.37. The summed E-state index contributed by atoms with van der Waals surface area (Å²) in [6.45, 7) is 2.45. The number of halogens is 3. The van der Waals surface area contributed by atoms with E-state index in [2.05, 4.69) is 5.32 Å². The summed E-state index contributed by atoms with van der Waals surface area (Å²) in [7, 11) is 0. The van der Waals surface area contributed by atoms with E-state index in [0.717, 1.165) is 37.4 Å². The number of hydrogen-bond acceptors (Lipinski definition) is 1. The summed E-state index contributed by atoms with van der Waals surface area (Å²) in [5, 5.41) is 3.29. The molecular weight excluding hydrogens is 227 g/mol. The van der Waals surface area contributed by atoms with Gasteiger partial charge in [-0.05, 0) is 43.5 Å². The fraction of sp³-hybridized carbons (Fsp3) is 0.538. The molecule has 94 valence electrons. The van der Waals surface area contributed by atoms with Crippen molar-refractivity contribution in [1.29, 1.82) is 0 Å². The van der Waals surface area contributed by atoms with Crippen LogP contribution in [0.2, 0.25) is 0 Å². The van der Waals surface area contributed by atoms with Gasteiger partial charge in [-0.2, -0.15) is 13.2 Å². The van der Waals surface area contributed by atoms with Crippen molar-refractivity contribution in [2.24, 2.45) is 0 Å². The van der Waals surface area contributed by atoms with E-state index in [4.69, 9.17) is 0 Å². The minimum absolute atomic E-state index is 0.0750. The zero-order valence-corrected chi connectivity index (χ0v) is 9.77. The van der Waals surface area contributed by atoms with E-state index in [-0.39, 0.29) is 6.04 Å². The molecule has 1 unspecified atom stereocenters. The maximum absolute atomic E-state index is 12.8. The van der Waals surface area contributed by atoms with Gasteiger partial charge in [0, 0.05) is 6.04 Å². The molecule has 1 saturated heterocycles. The number of rotatable bonds is 1. The van der Waals surface area contributed by atoms with Gasteiger partial charge in [-0.3, -0.25) is 0 Å². The molecule has 1 aliphatic heterocycles. The van der Waals surface area contributed by atoms with E-state index in [1.165, 1.54) is 6.07 Å². The van der Waals surface area contributed by atoms with E-state index in [0.29, 0.717) is 5.56 Å². The third-order valence-electron chi connectivity index (χ3n) is 3.37. The molecule has 1 nitrogen and oxygen atoms in total. The van der Waals surface area contributed by atoms with E-state index in [9.17, 15) is 13.2 Å². The van der Waals surface area contributed by atoms with Crippen molar-refractivity contribution >= 4 is 0 Å². The Bertz CT molecular complexity index is 392. The second kappa shape index (κ2) is 4.69. The van der Waals surface area contributed by atoms with Gasteiger partial charge in [-0.1, -0.05) is 18.6 Å². The lowest BCUT2D eigenvalue weighted by Gasteiger charge is -2.26. The van der Waals surface area contributed by atoms with Gasteiger partial charge in [-0.15, -0.1) is 0 Å². The second-order valence-electron chi connectivity index (χ2n) is 4.52. The number of benzene rings is 1. The number of nitrogens with one attached hydrogen (secondary N) is 1. The molecule has 0 aliphatic carbocycles. The summed E-state index contributed by atoms with van der Waals surface area (Å²) in [6.07, 6.45) is -1.15. The lowest BCUT2D eigenvalue weighted by Crippen LogP contribution is -2.27. The van der Waals surface area contributed by atoms with Gasteiger partial charge in [0.25, 0.3) is 0 Å².